The third-order valence-corrected chi connectivity index (χ3v) is 9.43. The first-order valence-corrected chi connectivity index (χ1v) is 11.4. The van der Waals surface area contributed by atoms with Crippen molar-refractivity contribution in [2.24, 2.45) is 0 Å². The van der Waals surface area contributed by atoms with Crippen molar-refractivity contribution in [2.45, 2.75) is 47.9 Å². The van der Waals surface area contributed by atoms with Crippen LogP contribution in [-0.2, 0) is 23.5 Å². The summed E-state index contributed by atoms with van der Waals surface area (Å²) in [5, 5.41) is 8.26. The number of rotatable bonds is 6. The van der Waals surface area contributed by atoms with Crippen LogP contribution < -0.4 is 5.32 Å². The van der Waals surface area contributed by atoms with E-state index in [1.54, 1.807) is 13.8 Å². The molecular weight excluding hydrogens is 414 g/mol. The Labute approximate surface area is 151 Å². The van der Waals surface area contributed by atoms with Crippen molar-refractivity contribution in [3.05, 3.63) is 0 Å². The minimum Gasteiger partial charge on any atom is -0.480 e. The molecule has 0 bridgehead atoms. The zero-order chi connectivity index (χ0) is 20.2. The number of carboxylic acids is 1. The van der Waals surface area contributed by atoms with E-state index in [0.717, 1.165) is 16.7 Å². The van der Waals surface area contributed by atoms with E-state index < -0.39 is 67.0 Å². The molecule has 0 aromatic rings. The van der Waals surface area contributed by atoms with Crippen molar-refractivity contribution in [3.8, 4) is 0 Å². The Morgan fingerprint density at radius 1 is 1.23 bits per heavy atom. The number of fused-ring (bicyclic) bond motifs is 1. The number of carbonyl (C=O) groups excluding carboxylic acids is 2. The maximum Gasteiger partial charge on any atom is 0.341 e. The molecule has 0 saturated carbocycles. The fraction of sp³-hybridized carbons (Fsp3) is 0.727. The van der Waals surface area contributed by atoms with Gasteiger partial charge in [-0.05, 0) is 13.8 Å². The van der Waals surface area contributed by atoms with Gasteiger partial charge >= 0.3 is 21.2 Å². The van der Waals surface area contributed by atoms with E-state index in [4.69, 9.17) is 19.6 Å². The summed E-state index contributed by atoms with van der Waals surface area (Å²) in [5.41, 5.74) is 0. The van der Waals surface area contributed by atoms with Crippen LogP contribution in [0.25, 0.3) is 0 Å². The highest BCUT2D eigenvalue weighted by Gasteiger charge is 2.64. The number of hydrogen-bond acceptors (Lipinski definition) is 6. The Morgan fingerprint density at radius 3 is 2.15 bits per heavy atom. The van der Waals surface area contributed by atoms with E-state index in [0.29, 0.717) is 0 Å². The fourth-order valence-corrected chi connectivity index (χ4v) is 6.98. The van der Waals surface area contributed by atoms with Gasteiger partial charge in [-0.2, -0.15) is 0 Å². The molecule has 0 aliphatic carbocycles. The molecule has 2 heterocycles. The highest BCUT2D eigenvalue weighted by atomic mass is 32.2. The van der Waals surface area contributed by atoms with Crippen LogP contribution in [0, 0.1) is 0 Å². The number of carbonyl (C=O) groups is 3. The van der Waals surface area contributed by atoms with E-state index in [2.05, 4.69) is 5.32 Å². The van der Waals surface area contributed by atoms with E-state index in [-0.39, 0.29) is 0 Å². The Balaban J connectivity index is 2.10. The largest absolute Gasteiger partial charge is 0.480 e. The summed E-state index contributed by atoms with van der Waals surface area (Å²) in [6.07, 6.45) is -1.18. The lowest BCUT2D eigenvalue weighted by molar-refractivity contribution is -0.161. The molecule has 2 aliphatic rings. The third-order valence-electron chi connectivity index (χ3n) is 4.14. The first kappa shape index (κ1) is 21.4. The van der Waals surface area contributed by atoms with Crippen LogP contribution in [0.1, 0.15) is 20.3 Å². The lowest BCUT2D eigenvalue weighted by Crippen LogP contribution is -2.70. The Kier molecular flexibility index (Phi) is 5.41. The molecule has 2 aliphatic heterocycles. The van der Waals surface area contributed by atoms with Gasteiger partial charge in [-0.3, -0.25) is 18.7 Å². The van der Waals surface area contributed by atoms with Crippen LogP contribution in [-0.4, -0.2) is 75.0 Å². The van der Waals surface area contributed by atoms with Gasteiger partial charge in [0.1, 0.15) is 17.5 Å². The molecule has 0 radical (unpaired) electrons. The Bertz CT molecular complexity index is 723. The molecule has 15 heteroatoms. The highest BCUT2D eigenvalue weighted by molar-refractivity contribution is 8.01. The predicted molar refractivity (Wildman–Crippen MR) is 88.2 cm³/mol. The topological polar surface area (TPSA) is 202 Å². The number of nitrogens with one attached hydrogen (secondary N) is 1. The van der Waals surface area contributed by atoms with Gasteiger partial charge in [0.2, 0.25) is 11.8 Å². The summed E-state index contributed by atoms with van der Waals surface area (Å²) in [7, 11) is -10.5. The van der Waals surface area contributed by atoms with Crippen LogP contribution in [0.4, 0.5) is 0 Å². The number of nitrogens with zero attached hydrogens (tertiary/aromatic N) is 1. The van der Waals surface area contributed by atoms with Gasteiger partial charge in [0, 0.05) is 4.75 Å². The number of β-lactam (4-membered cyclic amide) rings is 1. The summed E-state index contributed by atoms with van der Waals surface area (Å²) < 4.78 is 21.6. The molecule has 26 heavy (non-hydrogen) atoms. The molecular formula is C11H18N2O10P2S. The van der Waals surface area contributed by atoms with Gasteiger partial charge in [-0.15, -0.1) is 11.8 Å². The maximum absolute atomic E-state index is 12.2. The molecule has 2 rings (SSSR count). The number of aliphatic carboxylic acids is 1. The molecule has 2 amide bonds. The molecule has 12 nitrogen and oxygen atoms in total. The van der Waals surface area contributed by atoms with Crippen molar-refractivity contribution in [1.82, 2.24) is 10.2 Å². The minimum atomic E-state index is -5.27. The van der Waals surface area contributed by atoms with E-state index in [9.17, 15) is 28.6 Å². The van der Waals surface area contributed by atoms with Crippen LogP contribution in [0.2, 0.25) is 0 Å². The van der Waals surface area contributed by atoms with Crippen molar-refractivity contribution in [2.75, 3.05) is 0 Å². The highest BCUT2D eigenvalue weighted by Crippen LogP contribution is 2.61. The van der Waals surface area contributed by atoms with Gasteiger partial charge in [0.05, 0.1) is 6.42 Å². The molecule has 148 valence electrons. The summed E-state index contributed by atoms with van der Waals surface area (Å²) >= 11 is 1.14. The summed E-state index contributed by atoms with van der Waals surface area (Å²) in [4.78, 5) is 72.7. The van der Waals surface area contributed by atoms with Crippen molar-refractivity contribution in [3.63, 3.8) is 0 Å². The lowest BCUT2D eigenvalue weighted by atomic mass is 9.96. The first-order valence-electron chi connectivity index (χ1n) is 7.20. The third kappa shape index (κ3) is 3.84. The molecule has 3 atom stereocenters. The van der Waals surface area contributed by atoms with Gasteiger partial charge < -0.3 is 34.9 Å². The number of carboxylic acid groups (broad SMARTS) is 1. The van der Waals surface area contributed by atoms with Gasteiger partial charge in [-0.25, -0.2) is 4.79 Å². The molecule has 0 spiro atoms. The zero-order valence-electron chi connectivity index (χ0n) is 13.5. The summed E-state index contributed by atoms with van der Waals surface area (Å²) in [6.45, 7) is 3.25. The fourth-order valence-electron chi connectivity index (χ4n) is 2.98. The predicted octanol–water partition coefficient (Wildman–Crippen LogP) is -1.31. The monoisotopic (exact) mass is 432 g/mol. The quantitative estimate of drug-likeness (QED) is 0.215. The SMILES string of the molecule is CC1(C)SC2C(NC(=O)CC(P(=O)(O)O)P(=O)(O)O)C(=O)N2C1C(=O)O. The van der Waals surface area contributed by atoms with Gasteiger partial charge in [-0.1, -0.05) is 0 Å². The standard InChI is InChI=1S/C11H18N2O10P2S/c1-11(2)7(10(16)17)13-8(15)6(9(13)26-11)12-4(14)3-5(24(18,19)20)25(21,22)23/h5-7,9H,3H2,1-2H3,(H,12,14)(H,16,17)(H2,18,19,20)(H2,21,22,23). The van der Waals surface area contributed by atoms with E-state index in [1.165, 1.54) is 0 Å². The second kappa shape index (κ2) is 6.59. The zero-order valence-corrected chi connectivity index (χ0v) is 16.1. The maximum atomic E-state index is 12.2. The summed E-state index contributed by atoms with van der Waals surface area (Å²) in [5.74, 6) is -3.01. The second-order valence-corrected chi connectivity index (χ2v) is 12.3. The molecule has 0 aromatic carbocycles. The van der Waals surface area contributed by atoms with Gasteiger partial charge in [0.15, 0.2) is 5.40 Å². The Hall–Kier alpha value is -0.940. The normalized spacial score (nSPS) is 27.9. The number of hydrogen-bond donors (Lipinski definition) is 6. The average molecular weight is 432 g/mol. The van der Waals surface area contributed by atoms with Gasteiger partial charge in [0.25, 0.3) is 0 Å². The second-order valence-electron chi connectivity index (χ2n) is 6.51. The van der Waals surface area contributed by atoms with Crippen LogP contribution in [0.5, 0.6) is 0 Å². The number of amides is 2. The lowest BCUT2D eigenvalue weighted by Gasteiger charge is -2.43. The van der Waals surface area contributed by atoms with Crippen molar-refractivity contribution in [1.29, 1.82) is 0 Å². The number of thioether (sulfide) groups is 1. The van der Waals surface area contributed by atoms with Crippen molar-refractivity contribution < 1.29 is 48.2 Å². The molecule has 2 saturated heterocycles. The van der Waals surface area contributed by atoms with E-state index in [1.807, 2.05) is 0 Å². The minimum absolute atomic E-state index is 0.683. The van der Waals surface area contributed by atoms with E-state index >= 15 is 0 Å². The van der Waals surface area contributed by atoms with Crippen molar-refractivity contribution >= 4 is 44.7 Å². The first-order chi connectivity index (χ1) is 11.6. The summed E-state index contributed by atoms with van der Waals surface area (Å²) in [6, 6.07) is -2.23. The molecule has 0 aromatic heterocycles. The van der Waals surface area contributed by atoms with Crippen LogP contribution in [0.15, 0.2) is 0 Å². The van der Waals surface area contributed by atoms with Crippen LogP contribution in [0.3, 0.4) is 0 Å². The Morgan fingerprint density at radius 2 is 1.73 bits per heavy atom. The average Bonchev–Trinajstić information content (AvgIpc) is 2.68. The van der Waals surface area contributed by atoms with Crippen LogP contribution >= 0.6 is 27.0 Å². The molecule has 3 unspecified atom stereocenters. The molecule has 2 fully saturated rings. The molecule has 6 N–H and O–H groups in total. The smallest absolute Gasteiger partial charge is 0.341 e.